The zero-order chi connectivity index (χ0) is 15.2. The van der Waals surface area contributed by atoms with Gasteiger partial charge in [-0.1, -0.05) is 12.1 Å². The Hall–Kier alpha value is -1.66. The van der Waals surface area contributed by atoms with Crippen molar-refractivity contribution < 1.29 is 9.53 Å². The second-order valence-electron chi connectivity index (χ2n) is 4.07. The van der Waals surface area contributed by atoms with Crippen molar-refractivity contribution >= 4 is 44.0 Å². The second kappa shape index (κ2) is 7.38. The molecule has 4 nitrogen and oxygen atoms in total. The molecule has 0 aliphatic carbocycles. The maximum Gasteiger partial charge on any atom is 0.272 e. The number of halogens is 2. The summed E-state index contributed by atoms with van der Waals surface area (Å²) in [5.74, 6) is 0.468. The minimum Gasteiger partial charge on any atom is -0.496 e. The highest BCUT2D eigenvalue weighted by Gasteiger charge is 2.07. The molecule has 0 fully saturated rings. The number of nitrogens with zero attached hydrogens (tertiary/aromatic N) is 1. The number of hydrogen-bond donors (Lipinski definition) is 1. The zero-order valence-corrected chi connectivity index (χ0v) is 14.3. The molecule has 0 unspecified atom stereocenters. The number of ether oxygens (including phenoxy) is 1. The molecular formula is C15H12Br2N2O2. The predicted octanol–water partition coefficient (Wildman–Crippen LogP) is 3.98. The van der Waals surface area contributed by atoms with Crippen LogP contribution in [0.1, 0.15) is 15.9 Å². The van der Waals surface area contributed by atoms with E-state index in [1.165, 1.54) is 0 Å². The number of nitrogens with one attached hydrogen (secondary N) is 1. The molecule has 2 rings (SSSR count). The van der Waals surface area contributed by atoms with Crippen LogP contribution in [0.15, 0.2) is 56.5 Å². The van der Waals surface area contributed by atoms with Crippen molar-refractivity contribution in [1.82, 2.24) is 5.43 Å². The summed E-state index contributed by atoms with van der Waals surface area (Å²) in [6, 6.07) is 12.7. The first-order valence-corrected chi connectivity index (χ1v) is 7.62. The summed E-state index contributed by atoms with van der Waals surface area (Å²) in [6.07, 6.45) is 1.57. The second-order valence-corrected chi connectivity index (χ2v) is 5.78. The molecule has 21 heavy (non-hydrogen) atoms. The third-order valence-corrected chi connectivity index (χ3v) is 3.99. The topological polar surface area (TPSA) is 50.7 Å². The van der Waals surface area contributed by atoms with Crippen LogP contribution in [0.4, 0.5) is 0 Å². The van der Waals surface area contributed by atoms with Gasteiger partial charge in [0.05, 0.1) is 23.4 Å². The van der Waals surface area contributed by atoms with Gasteiger partial charge < -0.3 is 4.74 Å². The Kier molecular flexibility index (Phi) is 5.52. The molecule has 1 N–H and O–H groups in total. The fraction of sp³-hybridized carbons (Fsp3) is 0.0667. The smallest absolute Gasteiger partial charge is 0.272 e. The summed E-state index contributed by atoms with van der Waals surface area (Å²) >= 11 is 6.72. The van der Waals surface area contributed by atoms with E-state index >= 15 is 0 Å². The highest BCUT2D eigenvalue weighted by molar-refractivity contribution is 9.10. The van der Waals surface area contributed by atoms with E-state index < -0.39 is 0 Å². The molecule has 0 aliphatic rings. The van der Waals surface area contributed by atoms with Crippen LogP contribution < -0.4 is 10.2 Å². The summed E-state index contributed by atoms with van der Waals surface area (Å²) in [5.41, 5.74) is 3.87. The quantitative estimate of drug-likeness (QED) is 0.610. The number of amides is 1. The average molecular weight is 412 g/mol. The van der Waals surface area contributed by atoms with E-state index in [0.717, 1.165) is 20.3 Å². The normalized spacial score (nSPS) is 10.6. The minimum atomic E-state index is -0.272. The van der Waals surface area contributed by atoms with E-state index in [9.17, 15) is 4.79 Å². The van der Waals surface area contributed by atoms with Crippen LogP contribution in [0.3, 0.4) is 0 Å². The molecule has 0 aliphatic heterocycles. The zero-order valence-electron chi connectivity index (χ0n) is 11.1. The van der Waals surface area contributed by atoms with E-state index in [-0.39, 0.29) is 5.91 Å². The van der Waals surface area contributed by atoms with Crippen LogP contribution in [0.5, 0.6) is 5.75 Å². The molecule has 6 heteroatoms. The van der Waals surface area contributed by atoms with Gasteiger partial charge in [0.1, 0.15) is 5.75 Å². The molecular weight excluding hydrogens is 400 g/mol. The molecule has 0 saturated carbocycles. The minimum absolute atomic E-state index is 0.272. The number of carbonyl (C=O) groups excluding carboxylic acids is 1. The molecule has 0 aromatic heterocycles. The van der Waals surface area contributed by atoms with Gasteiger partial charge in [0.2, 0.25) is 0 Å². The number of hydrazone groups is 1. The third kappa shape index (κ3) is 4.15. The Balaban J connectivity index is 2.04. The highest BCUT2D eigenvalue weighted by atomic mass is 79.9. The van der Waals surface area contributed by atoms with Crippen molar-refractivity contribution in [1.29, 1.82) is 0 Å². The van der Waals surface area contributed by atoms with Crippen LogP contribution in [0, 0.1) is 0 Å². The first kappa shape index (κ1) is 15.7. The molecule has 0 atom stereocenters. The summed E-state index contributed by atoms with van der Waals surface area (Å²) < 4.78 is 6.70. The standard InChI is InChI=1S/C15H12Br2N2O2/c1-21-14-7-6-10(8-13(14)17)9-18-19-15(20)11-4-2-3-5-12(11)16/h2-9H,1H3,(H,19,20)/b18-9+. The van der Waals surface area contributed by atoms with Crippen molar-refractivity contribution in [3.8, 4) is 5.75 Å². The maximum atomic E-state index is 11.9. The Bertz CT molecular complexity index is 687. The first-order valence-electron chi connectivity index (χ1n) is 6.03. The van der Waals surface area contributed by atoms with Crippen LogP contribution in [0.2, 0.25) is 0 Å². The van der Waals surface area contributed by atoms with Gasteiger partial charge in [0, 0.05) is 4.47 Å². The fourth-order valence-corrected chi connectivity index (χ4v) is 2.66. The average Bonchev–Trinajstić information content (AvgIpc) is 2.48. The fourth-order valence-electron chi connectivity index (χ4n) is 1.63. The first-order chi connectivity index (χ1) is 10.1. The van der Waals surface area contributed by atoms with Gasteiger partial charge in [-0.3, -0.25) is 4.79 Å². The molecule has 0 heterocycles. The lowest BCUT2D eigenvalue weighted by atomic mass is 10.2. The summed E-state index contributed by atoms with van der Waals surface area (Å²) in [5, 5.41) is 3.95. The molecule has 2 aromatic carbocycles. The predicted molar refractivity (Wildman–Crippen MR) is 89.9 cm³/mol. The van der Waals surface area contributed by atoms with Gasteiger partial charge in [-0.15, -0.1) is 0 Å². The van der Waals surface area contributed by atoms with Gasteiger partial charge in [0.25, 0.3) is 5.91 Å². The van der Waals surface area contributed by atoms with Crippen molar-refractivity contribution in [2.24, 2.45) is 5.10 Å². The SMILES string of the molecule is COc1ccc(/C=N/NC(=O)c2ccccc2Br)cc1Br. The Morgan fingerprint density at radius 3 is 2.62 bits per heavy atom. The van der Waals surface area contributed by atoms with Crippen LogP contribution in [-0.4, -0.2) is 19.2 Å². The van der Waals surface area contributed by atoms with Gasteiger partial charge in [-0.05, 0) is 67.8 Å². The molecule has 0 bridgehead atoms. The molecule has 0 spiro atoms. The van der Waals surface area contributed by atoms with Gasteiger partial charge in [-0.2, -0.15) is 5.10 Å². The van der Waals surface area contributed by atoms with Crippen LogP contribution in [0.25, 0.3) is 0 Å². The van der Waals surface area contributed by atoms with E-state index in [1.807, 2.05) is 24.3 Å². The third-order valence-electron chi connectivity index (χ3n) is 2.67. The molecule has 0 saturated heterocycles. The lowest BCUT2D eigenvalue weighted by Crippen LogP contribution is -2.18. The number of hydrogen-bond acceptors (Lipinski definition) is 3. The van der Waals surface area contributed by atoms with Gasteiger partial charge >= 0.3 is 0 Å². The molecule has 1 amide bonds. The number of benzene rings is 2. The van der Waals surface area contributed by atoms with Crippen LogP contribution in [-0.2, 0) is 0 Å². The van der Waals surface area contributed by atoms with Gasteiger partial charge in [-0.25, -0.2) is 5.43 Å². The molecule has 108 valence electrons. The Morgan fingerprint density at radius 2 is 1.95 bits per heavy atom. The number of carbonyl (C=O) groups is 1. The van der Waals surface area contributed by atoms with E-state index in [1.54, 1.807) is 31.5 Å². The van der Waals surface area contributed by atoms with Crippen molar-refractivity contribution in [2.45, 2.75) is 0 Å². The summed E-state index contributed by atoms with van der Waals surface area (Å²) in [4.78, 5) is 11.9. The molecule has 2 aromatic rings. The highest BCUT2D eigenvalue weighted by Crippen LogP contribution is 2.24. The monoisotopic (exact) mass is 410 g/mol. The van der Waals surface area contributed by atoms with Crippen molar-refractivity contribution in [3.05, 3.63) is 62.5 Å². The van der Waals surface area contributed by atoms with Gasteiger partial charge in [0.15, 0.2) is 0 Å². The largest absolute Gasteiger partial charge is 0.496 e. The number of rotatable bonds is 4. The summed E-state index contributed by atoms with van der Waals surface area (Å²) in [6.45, 7) is 0. The maximum absolute atomic E-state index is 11.9. The summed E-state index contributed by atoms with van der Waals surface area (Å²) in [7, 11) is 1.60. The Morgan fingerprint density at radius 1 is 1.19 bits per heavy atom. The van der Waals surface area contributed by atoms with Crippen molar-refractivity contribution in [2.75, 3.05) is 7.11 Å². The molecule has 0 radical (unpaired) electrons. The van der Waals surface area contributed by atoms with Crippen molar-refractivity contribution in [3.63, 3.8) is 0 Å². The lowest BCUT2D eigenvalue weighted by molar-refractivity contribution is 0.0954. The van der Waals surface area contributed by atoms with E-state index in [2.05, 4.69) is 42.4 Å². The number of methoxy groups -OCH3 is 1. The van der Waals surface area contributed by atoms with E-state index in [0.29, 0.717) is 5.56 Å². The van der Waals surface area contributed by atoms with Crippen LogP contribution >= 0.6 is 31.9 Å². The Labute approximate surface area is 139 Å². The van der Waals surface area contributed by atoms with E-state index in [4.69, 9.17) is 4.74 Å². The lowest BCUT2D eigenvalue weighted by Gasteiger charge is -2.04.